The van der Waals surface area contributed by atoms with Gasteiger partial charge in [0.2, 0.25) is 0 Å². The van der Waals surface area contributed by atoms with Gasteiger partial charge in [-0.25, -0.2) is 0 Å². The highest BCUT2D eigenvalue weighted by Gasteiger charge is 2.14. The Morgan fingerprint density at radius 1 is 1.25 bits per heavy atom. The number of phenols is 1. The minimum absolute atomic E-state index is 0.125. The van der Waals surface area contributed by atoms with Crippen LogP contribution < -0.4 is 10.6 Å². The lowest BCUT2D eigenvalue weighted by Gasteiger charge is -2.18. The fraction of sp³-hybridized carbons (Fsp3) is 0.188. The molecule has 0 radical (unpaired) electrons. The molecule has 0 aliphatic heterocycles. The molecule has 1 amide bonds. The zero-order valence-electron chi connectivity index (χ0n) is 11.6. The summed E-state index contributed by atoms with van der Waals surface area (Å²) in [6.07, 6.45) is 0. The molecule has 0 saturated heterocycles. The van der Waals surface area contributed by atoms with E-state index in [2.05, 4.69) is 0 Å². The second-order valence-corrected chi connectivity index (χ2v) is 4.74. The number of anilines is 1. The van der Waals surface area contributed by atoms with Gasteiger partial charge < -0.3 is 15.7 Å². The largest absolute Gasteiger partial charge is 0.508 e. The molecule has 2 aromatic rings. The van der Waals surface area contributed by atoms with E-state index in [0.29, 0.717) is 12.1 Å². The molecule has 0 bridgehead atoms. The maximum atomic E-state index is 12.4. The van der Waals surface area contributed by atoms with Gasteiger partial charge in [0.05, 0.1) is 0 Å². The van der Waals surface area contributed by atoms with Gasteiger partial charge in [0.15, 0.2) is 0 Å². The van der Waals surface area contributed by atoms with Crippen LogP contribution in [0.25, 0.3) is 0 Å². The molecule has 0 spiro atoms. The Hall–Kier alpha value is -2.33. The summed E-state index contributed by atoms with van der Waals surface area (Å²) >= 11 is 0. The minimum Gasteiger partial charge on any atom is -0.508 e. The molecule has 2 aromatic carbocycles. The Kier molecular flexibility index (Phi) is 4.05. The first-order valence-corrected chi connectivity index (χ1v) is 6.39. The minimum atomic E-state index is -0.172. The van der Waals surface area contributed by atoms with Crippen molar-refractivity contribution in [1.29, 1.82) is 0 Å². The van der Waals surface area contributed by atoms with Crippen LogP contribution in [0.1, 0.15) is 21.5 Å². The number of rotatable bonds is 3. The number of hydrogen-bond acceptors (Lipinski definition) is 3. The van der Waals surface area contributed by atoms with Crippen molar-refractivity contribution in [3.05, 3.63) is 59.2 Å². The molecule has 0 aliphatic rings. The SMILES string of the molecule is Cc1ccc(C(=O)N(C)c2cccc(CN)c2)cc1O. The fourth-order valence-corrected chi connectivity index (χ4v) is 1.95. The van der Waals surface area contributed by atoms with Crippen molar-refractivity contribution in [1.82, 2.24) is 0 Å². The number of aryl methyl sites for hydroxylation is 1. The van der Waals surface area contributed by atoms with Crippen LogP contribution in [0.5, 0.6) is 5.75 Å². The van der Waals surface area contributed by atoms with Gasteiger partial charge in [-0.2, -0.15) is 0 Å². The van der Waals surface area contributed by atoms with E-state index in [1.165, 1.54) is 6.07 Å². The maximum Gasteiger partial charge on any atom is 0.258 e. The quantitative estimate of drug-likeness (QED) is 0.900. The summed E-state index contributed by atoms with van der Waals surface area (Å²) in [5.41, 5.74) is 8.55. The number of carbonyl (C=O) groups excluding carboxylic acids is 1. The highest BCUT2D eigenvalue weighted by atomic mass is 16.3. The number of aromatic hydroxyl groups is 1. The Morgan fingerprint density at radius 2 is 2.00 bits per heavy atom. The highest BCUT2D eigenvalue weighted by Crippen LogP contribution is 2.21. The van der Waals surface area contributed by atoms with Gasteiger partial charge in [-0.15, -0.1) is 0 Å². The molecule has 2 rings (SSSR count). The zero-order chi connectivity index (χ0) is 14.7. The van der Waals surface area contributed by atoms with E-state index in [4.69, 9.17) is 5.73 Å². The molecule has 4 heteroatoms. The van der Waals surface area contributed by atoms with Crippen LogP contribution in [-0.2, 0) is 6.54 Å². The maximum absolute atomic E-state index is 12.4. The predicted octanol–water partition coefficient (Wildman–Crippen LogP) is 2.44. The molecule has 20 heavy (non-hydrogen) atoms. The number of carbonyl (C=O) groups is 1. The van der Waals surface area contributed by atoms with E-state index in [9.17, 15) is 9.90 Å². The van der Waals surface area contributed by atoms with Crippen LogP contribution >= 0.6 is 0 Å². The molecule has 4 nitrogen and oxygen atoms in total. The highest BCUT2D eigenvalue weighted by molar-refractivity contribution is 6.06. The molecule has 0 aromatic heterocycles. The van der Waals surface area contributed by atoms with E-state index >= 15 is 0 Å². The van der Waals surface area contributed by atoms with E-state index < -0.39 is 0 Å². The summed E-state index contributed by atoms with van der Waals surface area (Å²) in [5.74, 6) is -0.0468. The summed E-state index contributed by atoms with van der Waals surface area (Å²) in [4.78, 5) is 13.9. The van der Waals surface area contributed by atoms with Crippen LogP contribution in [0.4, 0.5) is 5.69 Å². The third-order valence-corrected chi connectivity index (χ3v) is 3.29. The average Bonchev–Trinajstić information content (AvgIpc) is 2.48. The fourth-order valence-electron chi connectivity index (χ4n) is 1.95. The number of benzene rings is 2. The molecule has 104 valence electrons. The lowest BCUT2D eigenvalue weighted by molar-refractivity contribution is 0.0992. The Balaban J connectivity index is 2.29. The lowest BCUT2D eigenvalue weighted by atomic mass is 10.1. The Labute approximate surface area is 118 Å². The molecule has 0 fully saturated rings. The van der Waals surface area contributed by atoms with Crippen LogP contribution in [0.2, 0.25) is 0 Å². The van der Waals surface area contributed by atoms with Crippen molar-refractivity contribution in [3.8, 4) is 5.75 Å². The van der Waals surface area contributed by atoms with Gasteiger partial charge in [0.25, 0.3) is 5.91 Å². The smallest absolute Gasteiger partial charge is 0.258 e. The summed E-state index contributed by atoms with van der Waals surface area (Å²) in [5, 5.41) is 9.70. The molecule has 0 unspecified atom stereocenters. The number of phenolic OH excluding ortho intramolecular Hbond substituents is 1. The second kappa shape index (κ2) is 5.75. The predicted molar refractivity (Wildman–Crippen MR) is 79.9 cm³/mol. The second-order valence-electron chi connectivity index (χ2n) is 4.74. The van der Waals surface area contributed by atoms with Crippen LogP contribution in [-0.4, -0.2) is 18.1 Å². The summed E-state index contributed by atoms with van der Waals surface area (Å²) in [6.45, 7) is 2.22. The molecule has 0 atom stereocenters. The third kappa shape index (κ3) is 2.81. The summed E-state index contributed by atoms with van der Waals surface area (Å²) in [6, 6.07) is 12.4. The van der Waals surface area contributed by atoms with Crippen LogP contribution in [0.15, 0.2) is 42.5 Å². The van der Waals surface area contributed by atoms with Crippen molar-refractivity contribution in [2.75, 3.05) is 11.9 Å². The first-order chi connectivity index (χ1) is 9.52. The van der Waals surface area contributed by atoms with E-state index in [1.54, 1.807) is 31.0 Å². The molecule has 0 heterocycles. The lowest BCUT2D eigenvalue weighted by Crippen LogP contribution is -2.26. The summed E-state index contributed by atoms with van der Waals surface area (Å²) < 4.78 is 0. The molecular formula is C16H18N2O2. The molecule has 3 N–H and O–H groups in total. The monoisotopic (exact) mass is 270 g/mol. The molecule has 0 saturated carbocycles. The van der Waals surface area contributed by atoms with Crippen molar-refractivity contribution in [2.24, 2.45) is 5.73 Å². The molecular weight excluding hydrogens is 252 g/mol. The Morgan fingerprint density at radius 3 is 2.65 bits per heavy atom. The van der Waals surface area contributed by atoms with E-state index in [1.807, 2.05) is 24.3 Å². The van der Waals surface area contributed by atoms with Gasteiger partial charge in [-0.3, -0.25) is 4.79 Å². The van der Waals surface area contributed by atoms with Crippen molar-refractivity contribution in [2.45, 2.75) is 13.5 Å². The van der Waals surface area contributed by atoms with E-state index in [0.717, 1.165) is 16.8 Å². The van der Waals surface area contributed by atoms with Crippen molar-refractivity contribution >= 4 is 11.6 Å². The van der Waals surface area contributed by atoms with E-state index in [-0.39, 0.29) is 11.7 Å². The van der Waals surface area contributed by atoms with Gasteiger partial charge in [-0.1, -0.05) is 18.2 Å². The number of nitrogens with zero attached hydrogens (tertiary/aromatic N) is 1. The first-order valence-electron chi connectivity index (χ1n) is 6.39. The topological polar surface area (TPSA) is 66.6 Å². The number of nitrogens with two attached hydrogens (primary N) is 1. The standard InChI is InChI=1S/C16H18N2O2/c1-11-6-7-13(9-15(11)19)16(20)18(2)14-5-3-4-12(8-14)10-17/h3-9,19H,10,17H2,1-2H3. The Bertz CT molecular complexity index is 638. The van der Waals surface area contributed by atoms with Gasteiger partial charge >= 0.3 is 0 Å². The van der Waals surface area contributed by atoms with Crippen molar-refractivity contribution in [3.63, 3.8) is 0 Å². The van der Waals surface area contributed by atoms with Crippen LogP contribution in [0.3, 0.4) is 0 Å². The van der Waals surface area contributed by atoms with Crippen LogP contribution in [0, 0.1) is 6.92 Å². The van der Waals surface area contributed by atoms with Crippen molar-refractivity contribution < 1.29 is 9.90 Å². The number of hydrogen-bond donors (Lipinski definition) is 2. The van der Waals surface area contributed by atoms with Gasteiger partial charge in [0.1, 0.15) is 5.75 Å². The van der Waals surface area contributed by atoms with Gasteiger partial charge in [-0.05, 0) is 42.3 Å². The summed E-state index contributed by atoms with van der Waals surface area (Å²) in [7, 11) is 1.70. The van der Waals surface area contributed by atoms with Gasteiger partial charge in [0, 0.05) is 24.8 Å². The molecule has 0 aliphatic carbocycles. The number of amides is 1. The first kappa shape index (κ1) is 14.1. The average molecular weight is 270 g/mol. The zero-order valence-corrected chi connectivity index (χ0v) is 11.6. The third-order valence-electron chi connectivity index (χ3n) is 3.29. The normalized spacial score (nSPS) is 10.3.